The Bertz CT molecular complexity index is 794. The third-order valence-corrected chi connectivity index (χ3v) is 4.90. The van der Waals surface area contributed by atoms with E-state index in [9.17, 15) is 0 Å². The van der Waals surface area contributed by atoms with E-state index in [2.05, 4.69) is 26.1 Å². The number of nitrogens with zero attached hydrogens (tertiary/aromatic N) is 5. The molecule has 0 bridgehead atoms. The fourth-order valence-corrected chi connectivity index (χ4v) is 3.59. The molecule has 22 heavy (non-hydrogen) atoms. The number of halogens is 1. The standard InChI is InChI=1S/C14H12ClN5S2/c1-3-8-20-12(10-4-6-11(15)7-5-10)17-18-13(20)21-14-16-9(2)19-22-14/h3-7H,1,8H2,2H3. The Labute approximate surface area is 141 Å². The Hall–Kier alpha value is -1.70. The molecule has 8 heteroatoms. The lowest BCUT2D eigenvalue weighted by Crippen LogP contribution is -2.00. The highest BCUT2D eigenvalue weighted by Gasteiger charge is 2.15. The van der Waals surface area contributed by atoms with Gasteiger partial charge in [0.05, 0.1) is 0 Å². The molecule has 0 aliphatic carbocycles. The molecule has 0 fully saturated rings. The van der Waals surface area contributed by atoms with Crippen LogP contribution in [-0.2, 0) is 6.54 Å². The molecule has 0 aliphatic heterocycles. The summed E-state index contributed by atoms with van der Waals surface area (Å²) in [6.45, 7) is 6.29. The first-order chi connectivity index (χ1) is 10.7. The summed E-state index contributed by atoms with van der Waals surface area (Å²) < 4.78 is 7.02. The number of rotatable bonds is 5. The maximum Gasteiger partial charge on any atom is 0.198 e. The van der Waals surface area contributed by atoms with Crippen molar-refractivity contribution < 1.29 is 0 Å². The van der Waals surface area contributed by atoms with Crippen LogP contribution in [-0.4, -0.2) is 24.1 Å². The Morgan fingerprint density at radius 2 is 2.09 bits per heavy atom. The molecule has 0 saturated carbocycles. The lowest BCUT2D eigenvalue weighted by molar-refractivity contribution is 0.731. The molecule has 0 radical (unpaired) electrons. The molecule has 112 valence electrons. The van der Waals surface area contributed by atoms with Crippen molar-refractivity contribution in [2.75, 3.05) is 0 Å². The zero-order chi connectivity index (χ0) is 15.5. The summed E-state index contributed by atoms with van der Waals surface area (Å²) in [7, 11) is 0. The third-order valence-electron chi connectivity index (χ3n) is 2.82. The lowest BCUT2D eigenvalue weighted by atomic mass is 10.2. The molecular weight excluding hydrogens is 338 g/mol. The van der Waals surface area contributed by atoms with Crippen LogP contribution in [0, 0.1) is 6.92 Å². The van der Waals surface area contributed by atoms with Crippen LogP contribution in [0.15, 0.2) is 46.4 Å². The van der Waals surface area contributed by atoms with Gasteiger partial charge in [-0.25, -0.2) is 4.98 Å². The van der Waals surface area contributed by atoms with Gasteiger partial charge in [-0.15, -0.1) is 16.8 Å². The van der Waals surface area contributed by atoms with Crippen LogP contribution in [0.5, 0.6) is 0 Å². The Morgan fingerprint density at radius 3 is 2.73 bits per heavy atom. The van der Waals surface area contributed by atoms with Gasteiger partial charge in [-0.3, -0.25) is 4.57 Å². The first kappa shape index (κ1) is 15.2. The summed E-state index contributed by atoms with van der Waals surface area (Å²) >= 11 is 8.75. The Balaban J connectivity index is 1.97. The van der Waals surface area contributed by atoms with E-state index in [-0.39, 0.29) is 0 Å². The molecule has 0 N–H and O–H groups in total. The monoisotopic (exact) mass is 349 g/mol. The van der Waals surface area contributed by atoms with Crippen molar-refractivity contribution in [2.45, 2.75) is 23.0 Å². The minimum Gasteiger partial charge on any atom is -0.298 e. The Kier molecular flexibility index (Phi) is 4.56. The first-order valence-electron chi connectivity index (χ1n) is 6.45. The normalized spacial score (nSPS) is 10.8. The van der Waals surface area contributed by atoms with E-state index < -0.39 is 0 Å². The van der Waals surface area contributed by atoms with Crippen molar-refractivity contribution in [1.29, 1.82) is 0 Å². The van der Waals surface area contributed by atoms with Crippen molar-refractivity contribution >= 4 is 34.9 Å². The van der Waals surface area contributed by atoms with Gasteiger partial charge in [0.15, 0.2) is 15.3 Å². The van der Waals surface area contributed by atoms with Gasteiger partial charge >= 0.3 is 0 Å². The van der Waals surface area contributed by atoms with Crippen LogP contribution in [0.25, 0.3) is 11.4 Å². The molecule has 0 amide bonds. The maximum absolute atomic E-state index is 5.94. The smallest absolute Gasteiger partial charge is 0.198 e. The molecule has 1 aromatic carbocycles. The van der Waals surface area contributed by atoms with Gasteiger partial charge in [0.2, 0.25) is 0 Å². The number of hydrogen-bond acceptors (Lipinski definition) is 6. The highest BCUT2D eigenvalue weighted by molar-refractivity contribution is 8.00. The van der Waals surface area contributed by atoms with Gasteiger partial charge in [-0.2, -0.15) is 4.37 Å². The fraction of sp³-hybridized carbons (Fsp3) is 0.143. The van der Waals surface area contributed by atoms with Gasteiger partial charge in [-0.1, -0.05) is 17.7 Å². The largest absolute Gasteiger partial charge is 0.298 e. The van der Waals surface area contributed by atoms with Crippen molar-refractivity contribution in [3.05, 3.63) is 47.8 Å². The molecule has 3 aromatic rings. The minimum atomic E-state index is 0.616. The Morgan fingerprint density at radius 1 is 1.32 bits per heavy atom. The van der Waals surface area contributed by atoms with Crippen LogP contribution < -0.4 is 0 Å². The molecule has 0 atom stereocenters. The highest BCUT2D eigenvalue weighted by Crippen LogP contribution is 2.30. The third kappa shape index (κ3) is 3.21. The van der Waals surface area contributed by atoms with E-state index in [0.717, 1.165) is 26.7 Å². The number of hydrogen-bond donors (Lipinski definition) is 0. The van der Waals surface area contributed by atoms with E-state index in [1.165, 1.54) is 23.3 Å². The van der Waals surface area contributed by atoms with Crippen molar-refractivity contribution in [3.63, 3.8) is 0 Å². The summed E-state index contributed by atoms with van der Waals surface area (Å²) in [5, 5.41) is 10.0. The zero-order valence-electron chi connectivity index (χ0n) is 11.7. The van der Waals surface area contributed by atoms with E-state index in [1.54, 1.807) is 0 Å². The summed E-state index contributed by atoms with van der Waals surface area (Å²) in [6.07, 6.45) is 1.82. The second-order valence-corrected chi connectivity index (χ2v) is 6.82. The van der Waals surface area contributed by atoms with Gasteiger partial charge in [-0.05, 0) is 54.5 Å². The predicted molar refractivity (Wildman–Crippen MR) is 89.4 cm³/mol. The molecule has 0 aliphatic rings. The van der Waals surface area contributed by atoms with Crippen LogP contribution >= 0.6 is 34.9 Å². The molecule has 2 heterocycles. The number of benzene rings is 1. The summed E-state index contributed by atoms with van der Waals surface area (Å²) in [5.41, 5.74) is 0.957. The first-order valence-corrected chi connectivity index (χ1v) is 8.42. The van der Waals surface area contributed by atoms with Crippen LogP contribution in [0.1, 0.15) is 5.82 Å². The van der Waals surface area contributed by atoms with Crippen LogP contribution in [0.2, 0.25) is 5.02 Å². The number of aromatic nitrogens is 5. The average Bonchev–Trinajstić information content (AvgIpc) is 3.08. The zero-order valence-corrected chi connectivity index (χ0v) is 14.1. The molecule has 3 rings (SSSR count). The molecule has 0 unspecified atom stereocenters. The fourth-order valence-electron chi connectivity index (χ4n) is 1.87. The van der Waals surface area contributed by atoms with Gasteiger partial charge in [0.25, 0.3) is 0 Å². The van der Waals surface area contributed by atoms with Gasteiger partial charge < -0.3 is 0 Å². The summed E-state index contributed by atoms with van der Waals surface area (Å²) in [5.74, 6) is 1.54. The van der Waals surface area contributed by atoms with E-state index in [0.29, 0.717) is 11.6 Å². The maximum atomic E-state index is 5.94. The quantitative estimate of drug-likeness (QED) is 0.649. The topological polar surface area (TPSA) is 56.5 Å². The van der Waals surface area contributed by atoms with E-state index >= 15 is 0 Å². The van der Waals surface area contributed by atoms with E-state index in [4.69, 9.17) is 11.6 Å². The number of allylic oxidation sites excluding steroid dienone is 1. The lowest BCUT2D eigenvalue weighted by Gasteiger charge is -2.06. The molecule has 0 spiro atoms. The van der Waals surface area contributed by atoms with Crippen LogP contribution in [0.4, 0.5) is 0 Å². The molecular formula is C14H12ClN5S2. The van der Waals surface area contributed by atoms with Crippen molar-refractivity contribution in [3.8, 4) is 11.4 Å². The summed E-state index contributed by atoms with van der Waals surface area (Å²) in [4.78, 5) is 4.35. The summed E-state index contributed by atoms with van der Waals surface area (Å²) in [6, 6.07) is 7.53. The second-order valence-electron chi connectivity index (χ2n) is 4.42. The van der Waals surface area contributed by atoms with Crippen molar-refractivity contribution in [1.82, 2.24) is 24.1 Å². The predicted octanol–water partition coefficient (Wildman–Crippen LogP) is 4.10. The highest BCUT2D eigenvalue weighted by atomic mass is 35.5. The van der Waals surface area contributed by atoms with Crippen molar-refractivity contribution in [2.24, 2.45) is 0 Å². The van der Waals surface area contributed by atoms with E-state index in [1.807, 2.05) is 41.8 Å². The van der Waals surface area contributed by atoms with Gasteiger partial charge in [0.1, 0.15) is 5.82 Å². The molecule has 0 saturated heterocycles. The SMILES string of the molecule is C=CCn1c(Sc2nc(C)ns2)nnc1-c1ccc(Cl)cc1. The van der Waals surface area contributed by atoms with Gasteiger partial charge in [0, 0.05) is 17.1 Å². The average molecular weight is 350 g/mol. The molecule has 5 nitrogen and oxygen atoms in total. The molecule has 2 aromatic heterocycles. The minimum absolute atomic E-state index is 0.616. The number of aryl methyl sites for hydroxylation is 1. The van der Waals surface area contributed by atoms with Crippen LogP contribution in [0.3, 0.4) is 0 Å². The second kappa shape index (κ2) is 6.60.